The lowest BCUT2D eigenvalue weighted by Gasteiger charge is -2.41. The summed E-state index contributed by atoms with van der Waals surface area (Å²) in [6.45, 7) is 7.49. The molecule has 2 aromatic heterocycles. The Hall–Kier alpha value is -2.55. The molecular weight excluding hydrogens is 348 g/mol. The van der Waals surface area contributed by atoms with Crippen LogP contribution in [-0.2, 0) is 22.7 Å². The van der Waals surface area contributed by atoms with Gasteiger partial charge in [-0.2, -0.15) is 5.10 Å². The van der Waals surface area contributed by atoms with Crippen molar-refractivity contribution in [3.8, 4) is 0 Å². The average Bonchev–Trinajstić information content (AvgIpc) is 3.23. The highest BCUT2D eigenvalue weighted by Crippen LogP contribution is 2.30. The first-order valence-corrected chi connectivity index (χ1v) is 9.29. The average molecular weight is 372 g/mol. The topological polar surface area (TPSA) is 95.1 Å². The fraction of sp³-hybridized carbons (Fsp3) is 0.611. The monoisotopic (exact) mass is 372 g/mol. The van der Waals surface area contributed by atoms with E-state index >= 15 is 0 Å². The molecule has 0 saturated carbocycles. The summed E-state index contributed by atoms with van der Waals surface area (Å²) >= 11 is 0. The zero-order valence-corrected chi connectivity index (χ0v) is 15.9. The Balaban J connectivity index is 1.42. The van der Waals surface area contributed by atoms with Gasteiger partial charge in [0.15, 0.2) is 5.78 Å². The fourth-order valence-corrected chi connectivity index (χ4v) is 4.19. The highest BCUT2D eigenvalue weighted by molar-refractivity contribution is 5.96. The summed E-state index contributed by atoms with van der Waals surface area (Å²) in [5, 5.41) is 12.6. The highest BCUT2D eigenvalue weighted by Gasteiger charge is 2.37. The smallest absolute Gasteiger partial charge is 0.224 e. The number of fused-ring (bicyclic) bond motifs is 3. The molecule has 4 heterocycles. The minimum Gasteiger partial charge on any atom is -0.370 e. The molecule has 0 bridgehead atoms. The number of Topliss-reactive ketones (excluding diaryl/α,β-unsaturated/α-hetero) is 1. The SMILES string of the molecule is CC(=O)c1c(C)nn(CCC(=O)N2CC[C@@H]3OCc4cnnn4[C@H]3C2)c1C. The van der Waals surface area contributed by atoms with Crippen molar-refractivity contribution in [3.63, 3.8) is 0 Å². The van der Waals surface area contributed by atoms with Gasteiger partial charge in [0.1, 0.15) is 0 Å². The van der Waals surface area contributed by atoms with Crippen molar-refractivity contribution in [1.29, 1.82) is 0 Å². The van der Waals surface area contributed by atoms with Gasteiger partial charge in [-0.1, -0.05) is 5.21 Å². The van der Waals surface area contributed by atoms with Gasteiger partial charge in [0, 0.05) is 31.7 Å². The summed E-state index contributed by atoms with van der Waals surface area (Å²) in [6, 6.07) is 0.0203. The first kappa shape index (κ1) is 17.8. The number of piperidine rings is 1. The van der Waals surface area contributed by atoms with Gasteiger partial charge in [0.25, 0.3) is 0 Å². The van der Waals surface area contributed by atoms with E-state index in [0.29, 0.717) is 43.9 Å². The molecule has 0 unspecified atom stereocenters. The lowest BCUT2D eigenvalue weighted by atomic mass is 10.00. The molecule has 27 heavy (non-hydrogen) atoms. The second-order valence-corrected chi connectivity index (χ2v) is 7.29. The van der Waals surface area contributed by atoms with Crippen molar-refractivity contribution in [1.82, 2.24) is 29.7 Å². The largest absolute Gasteiger partial charge is 0.370 e. The van der Waals surface area contributed by atoms with E-state index in [9.17, 15) is 9.59 Å². The van der Waals surface area contributed by atoms with Gasteiger partial charge < -0.3 is 9.64 Å². The first-order chi connectivity index (χ1) is 13.0. The van der Waals surface area contributed by atoms with Crippen LogP contribution in [0.25, 0.3) is 0 Å². The molecule has 9 heteroatoms. The fourth-order valence-electron chi connectivity index (χ4n) is 4.19. The molecule has 4 rings (SSSR count). The van der Waals surface area contributed by atoms with E-state index in [-0.39, 0.29) is 23.8 Å². The van der Waals surface area contributed by atoms with E-state index in [1.807, 2.05) is 23.4 Å². The summed E-state index contributed by atoms with van der Waals surface area (Å²) in [5.41, 5.74) is 3.14. The van der Waals surface area contributed by atoms with Crippen LogP contribution < -0.4 is 0 Å². The maximum absolute atomic E-state index is 12.8. The third-order valence-corrected chi connectivity index (χ3v) is 5.55. The number of hydrogen-bond donors (Lipinski definition) is 0. The first-order valence-electron chi connectivity index (χ1n) is 9.29. The third kappa shape index (κ3) is 3.16. The van der Waals surface area contributed by atoms with Crippen LogP contribution in [0.15, 0.2) is 6.20 Å². The van der Waals surface area contributed by atoms with Crippen molar-refractivity contribution in [2.24, 2.45) is 0 Å². The number of aryl methyl sites for hydroxylation is 2. The molecule has 2 atom stereocenters. The summed E-state index contributed by atoms with van der Waals surface area (Å²) in [7, 11) is 0. The molecule has 2 aromatic rings. The van der Waals surface area contributed by atoms with Crippen LogP contribution in [0.2, 0.25) is 0 Å². The van der Waals surface area contributed by atoms with E-state index in [2.05, 4.69) is 15.4 Å². The van der Waals surface area contributed by atoms with Crippen molar-refractivity contribution in [2.75, 3.05) is 13.1 Å². The van der Waals surface area contributed by atoms with Gasteiger partial charge in [0.05, 0.1) is 41.9 Å². The number of rotatable bonds is 4. The molecular formula is C18H24N6O3. The van der Waals surface area contributed by atoms with Crippen LogP contribution in [0.4, 0.5) is 0 Å². The maximum Gasteiger partial charge on any atom is 0.224 e. The van der Waals surface area contributed by atoms with Crippen LogP contribution in [0.1, 0.15) is 53.2 Å². The molecule has 0 aromatic carbocycles. The van der Waals surface area contributed by atoms with Crippen LogP contribution in [0.3, 0.4) is 0 Å². The zero-order valence-electron chi connectivity index (χ0n) is 15.9. The van der Waals surface area contributed by atoms with Crippen LogP contribution in [0.5, 0.6) is 0 Å². The Bertz CT molecular complexity index is 886. The molecule has 0 spiro atoms. The quantitative estimate of drug-likeness (QED) is 0.745. The number of likely N-dealkylation sites (tertiary alicyclic amines) is 1. The Morgan fingerprint density at radius 1 is 1.33 bits per heavy atom. The lowest BCUT2D eigenvalue weighted by molar-refractivity contribution is -0.138. The number of carbonyl (C=O) groups is 2. The maximum atomic E-state index is 12.8. The predicted molar refractivity (Wildman–Crippen MR) is 95.2 cm³/mol. The number of ether oxygens (including phenoxy) is 1. The van der Waals surface area contributed by atoms with E-state index in [0.717, 1.165) is 17.8 Å². The van der Waals surface area contributed by atoms with E-state index in [1.165, 1.54) is 0 Å². The standard InChI is InChI=1S/C18H24N6O3/c1-11-18(13(3)25)12(2)23(20-11)7-5-17(26)22-6-4-16-15(9-22)24-14(10-27-16)8-19-21-24/h8,15-16H,4-7,9-10H2,1-3H3/t15-,16-/m0/s1. The van der Waals surface area contributed by atoms with Crippen molar-refractivity contribution < 1.29 is 14.3 Å². The molecule has 144 valence electrons. The molecule has 9 nitrogen and oxygen atoms in total. The Kier molecular flexibility index (Phi) is 4.55. The van der Waals surface area contributed by atoms with Crippen molar-refractivity contribution in [2.45, 2.75) is 58.9 Å². The minimum absolute atomic E-state index is 0.00517. The Morgan fingerprint density at radius 3 is 2.89 bits per heavy atom. The summed E-state index contributed by atoms with van der Waals surface area (Å²) in [4.78, 5) is 26.4. The van der Waals surface area contributed by atoms with Gasteiger partial charge in [-0.25, -0.2) is 4.68 Å². The number of amides is 1. The minimum atomic E-state index is 0.00517. The van der Waals surface area contributed by atoms with E-state index in [4.69, 9.17) is 4.74 Å². The third-order valence-electron chi connectivity index (χ3n) is 5.55. The van der Waals surface area contributed by atoms with Crippen LogP contribution in [0, 0.1) is 13.8 Å². The molecule has 0 N–H and O–H groups in total. The second kappa shape index (κ2) is 6.88. The van der Waals surface area contributed by atoms with E-state index in [1.54, 1.807) is 17.8 Å². The molecule has 0 aliphatic carbocycles. The predicted octanol–water partition coefficient (Wildman–Crippen LogP) is 1.06. The number of nitrogens with zero attached hydrogens (tertiary/aromatic N) is 6. The van der Waals surface area contributed by atoms with E-state index < -0.39 is 0 Å². The van der Waals surface area contributed by atoms with Gasteiger partial charge in [-0.3, -0.25) is 14.3 Å². The van der Waals surface area contributed by atoms with Crippen LogP contribution in [-0.4, -0.2) is 60.6 Å². The Morgan fingerprint density at radius 2 is 2.15 bits per heavy atom. The summed E-state index contributed by atoms with van der Waals surface area (Å²) < 4.78 is 9.55. The molecule has 0 radical (unpaired) electrons. The summed E-state index contributed by atoms with van der Waals surface area (Å²) in [6.07, 6.45) is 2.94. The molecule has 2 aliphatic rings. The zero-order chi connectivity index (χ0) is 19.1. The molecule has 2 aliphatic heterocycles. The van der Waals surface area contributed by atoms with Gasteiger partial charge in [-0.05, 0) is 27.2 Å². The molecule has 1 amide bonds. The number of aromatic nitrogens is 5. The highest BCUT2D eigenvalue weighted by atomic mass is 16.5. The van der Waals surface area contributed by atoms with Gasteiger partial charge in [0.2, 0.25) is 5.91 Å². The Labute approximate surface area is 157 Å². The normalized spacial score (nSPS) is 21.7. The lowest BCUT2D eigenvalue weighted by Crippen LogP contribution is -2.50. The van der Waals surface area contributed by atoms with Gasteiger partial charge in [-0.15, -0.1) is 5.10 Å². The van der Waals surface area contributed by atoms with Crippen molar-refractivity contribution >= 4 is 11.7 Å². The number of carbonyl (C=O) groups excluding carboxylic acids is 2. The second-order valence-electron chi connectivity index (χ2n) is 7.29. The number of hydrogen-bond acceptors (Lipinski definition) is 6. The molecule has 1 saturated heterocycles. The molecule has 1 fully saturated rings. The summed E-state index contributed by atoms with van der Waals surface area (Å²) in [5.74, 6) is 0.0863. The van der Waals surface area contributed by atoms with Gasteiger partial charge >= 0.3 is 0 Å². The number of ketones is 1. The van der Waals surface area contributed by atoms with Crippen molar-refractivity contribution in [3.05, 3.63) is 28.8 Å². The van der Waals surface area contributed by atoms with Crippen LogP contribution >= 0.6 is 0 Å².